The van der Waals surface area contributed by atoms with Crippen LogP contribution < -0.4 is 0 Å². The van der Waals surface area contributed by atoms with E-state index in [0.29, 0.717) is 0 Å². The van der Waals surface area contributed by atoms with Crippen molar-refractivity contribution >= 4 is 23.7 Å². The minimum absolute atomic E-state index is 0.238. The maximum Gasteiger partial charge on any atom is 0.204 e. The second-order valence-corrected chi connectivity index (χ2v) is 6.62. The maximum absolute atomic E-state index is 12.4. The molecule has 0 saturated heterocycles. The minimum Gasteiger partial charge on any atom is -0.288 e. The molecule has 0 aliphatic rings. The molecule has 0 spiro atoms. The second kappa shape index (κ2) is 8.87. The first-order valence-electron chi connectivity index (χ1n) is 9.06. The Labute approximate surface area is 165 Å². The van der Waals surface area contributed by atoms with Gasteiger partial charge in [-0.15, -0.1) is 0 Å². The zero-order valence-corrected chi connectivity index (χ0v) is 15.9. The predicted molar refractivity (Wildman–Crippen MR) is 113 cm³/mol. The lowest BCUT2D eigenvalue weighted by Gasteiger charge is -2.00. The van der Waals surface area contributed by atoms with E-state index in [9.17, 15) is 9.59 Å². The van der Waals surface area contributed by atoms with E-state index in [1.54, 1.807) is 30.4 Å². The molecule has 138 valence electrons. The fraction of sp³-hybridized carbons (Fsp3) is 0.0800. The fourth-order valence-corrected chi connectivity index (χ4v) is 2.58. The van der Waals surface area contributed by atoms with E-state index in [2.05, 4.69) is 4.98 Å². The molecular formula is C25H21NO2. The van der Waals surface area contributed by atoms with Crippen molar-refractivity contribution in [3.8, 4) is 0 Å². The van der Waals surface area contributed by atoms with Crippen molar-refractivity contribution in [2.45, 2.75) is 13.8 Å². The van der Waals surface area contributed by atoms with E-state index in [1.807, 2.05) is 62.4 Å². The molecule has 2 aromatic carbocycles. The van der Waals surface area contributed by atoms with Crippen LogP contribution in [0.4, 0.5) is 0 Å². The number of aryl methyl sites for hydroxylation is 2. The number of nitrogens with zero attached hydrogens (tertiary/aromatic N) is 1. The van der Waals surface area contributed by atoms with Crippen molar-refractivity contribution in [3.63, 3.8) is 0 Å². The quantitative estimate of drug-likeness (QED) is 0.427. The van der Waals surface area contributed by atoms with Crippen molar-refractivity contribution in [1.82, 2.24) is 4.98 Å². The number of pyridine rings is 1. The molecule has 3 heteroatoms. The van der Waals surface area contributed by atoms with Gasteiger partial charge in [0, 0.05) is 0 Å². The largest absolute Gasteiger partial charge is 0.288 e. The molecule has 0 aliphatic heterocycles. The molecule has 0 saturated carbocycles. The summed E-state index contributed by atoms with van der Waals surface area (Å²) in [6, 6.07) is 20.6. The third-order valence-electron chi connectivity index (χ3n) is 4.26. The van der Waals surface area contributed by atoms with Crippen molar-refractivity contribution in [1.29, 1.82) is 0 Å². The van der Waals surface area contributed by atoms with Gasteiger partial charge in [-0.25, -0.2) is 4.98 Å². The molecule has 3 nitrogen and oxygen atoms in total. The summed E-state index contributed by atoms with van der Waals surface area (Å²) >= 11 is 0. The van der Waals surface area contributed by atoms with Crippen LogP contribution in [0, 0.1) is 13.8 Å². The molecule has 3 aromatic rings. The first-order chi connectivity index (χ1) is 13.5. The average molecular weight is 367 g/mol. The highest BCUT2D eigenvalue weighted by atomic mass is 16.1. The number of carbonyl (C=O) groups is 2. The topological polar surface area (TPSA) is 47.0 Å². The summed E-state index contributed by atoms with van der Waals surface area (Å²) in [4.78, 5) is 29.0. The van der Waals surface area contributed by atoms with E-state index < -0.39 is 0 Å². The van der Waals surface area contributed by atoms with Crippen LogP contribution in [-0.2, 0) is 0 Å². The number of carbonyl (C=O) groups excluding carboxylic acids is 2. The van der Waals surface area contributed by atoms with Gasteiger partial charge in [0.1, 0.15) is 11.4 Å². The molecular weight excluding hydrogens is 346 g/mol. The Morgan fingerprint density at radius 1 is 0.643 bits per heavy atom. The molecule has 0 aliphatic carbocycles. The van der Waals surface area contributed by atoms with Gasteiger partial charge >= 0.3 is 0 Å². The first-order valence-corrected chi connectivity index (χ1v) is 9.06. The summed E-state index contributed by atoms with van der Waals surface area (Å²) < 4.78 is 0. The number of allylic oxidation sites excluding steroid dienone is 2. The van der Waals surface area contributed by atoms with Crippen LogP contribution in [0.2, 0.25) is 0 Å². The fourth-order valence-electron chi connectivity index (χ4n) is 2.58. The molecule has 3 rings (SSSR count). The monoisotopic (exact) mass is 367 g/mol. The van der Waals surface area contributed by atoms with Crippen LogP contribution in [0.15, 0.2) is 78.9 Å². The van der Waals surface area contributed by atoms with Crippen LogP contribution >= 0.6 is 0 Å². The van der Waals surface area contributed by atoms with Gasteiger partial charge < -0.3 is 0 Å². The third-order valence-corrected chi connectivity index (χ3v) is 4.26. The van der Waals surface area contributed by atoms with Gasteiger partial charge in [-0.1, -0.05) is 77.9 Å². The molecule has 0 N–H and O–H groups in total. The van der Waals surface area contributed by atoms with Crippen LogP contribution in [-0.4, -0.2) is 16.6 Å². The van der Waals surface area contributed by atoms with E-state index >= 15 is 0 Å². The molecule has 0 fully saturated rings. The molecule has 0 atom stereocenters. The van der Waals surface area contributed by atoms with Gasteiger partial charge in [-0.05, 0) is 49.3 Å². The van der Waals surface area contributed by atoms with Gasteiger partial charge in [0.2, 0.25) is 11.6 Å². The number of hydrogen-bond donors (Lipinski definition) is 0. The Morgan fingerprint density at radius 3 is 1.43 bits per heavy atom. The smallest absolute Gasteiger partial charge is 0.204 e. The zero-order valence-electron chi connectivity index (χ0n) is 15.9. The molecule has 28 heavy (non-hydrogen) atoms. The zero-order chi connectivity index (χ0) is 19.9. The number of aromatic nitrogens is 1. The molecule has 1 heterocycles. The van der Waals surface area contributed by atoms with Gasteiger partial charge in [0.15, 0.2) is 0 Å². The maximum atomic E-state index is 12.4. The number of rotatable bonds is 6. The molecule has 1 aromatic heterocycles. The third kappa shape index (κ3) is 5.21. The Bertz CT molecular complexity index is 960. The molecule has 0 radical (unpaired) electrons. The van der Waals surface area contributed by atoms with E-state index in [0.717, 1.165) is 22.3 Å². The van der Waals surface area contributed by atoms with Crippen LogP contribution in [0.25, 0.3) is 12.2 Å². The Morgan fingerprint density at radius 2 is 1.04 bits per heavy atom. The van der Waals surface area contributed by atoms with E-state index in [4.69, 9.17) is 0 Å². The highest BCUT2D eigenvalue weighted by Gasteiger charge is 2.08. The highest BCUT2D eigenvalue weighted by molar-refractivity contribution is 6.08. The normalized spacial score (nSPS) is 11.2. The van der Waals surface area contributed by atoms with E-state index in [-0.39, 0.29) is 23.0 Å². The highest BCUT2D eigenvalue weighted by Crippen LogP contribution is 2.09. The van der Waals surface area contributed by atoms with Gasteiger partial charge in [-0.2, -0.15) is 0 Å². The Balaban J connectivity index is 1.71. The van der Waals surface area contributed by atoms with Gasteiger partial charge in [0.05, 0.1) is 0 Å². The van der Waals surface area contributed by atoms with Crippen molar-refractivity contribution in [2.24, 2.45) is 0 Å². The Hall–Kier alpha value is -3.59. The molecule has 0 unspecified atom stereocenters. The molecule has 0 amide bonds. The van der Waals surface area contributed by atoms with Crippen LogP contribution in [0.5, 0.6) is 0 Å². The lowest BCUT2D eigenvalue weighted by molar-refractivity contribution is 0.104. The number of benzene rings is 2. The van der Waals surface area contributed by atoms with E-state index in [1.165, 1.54) is 12.2 Å². The molecule has 0 bridgehead atoms. The van der Waals surface area contributed by atoms with Crippen molar-refractivity contribution in [2.75, 3.05) is 0 Å². The predicted octanol–water partition coefficient (Wildman–Crippen LogP) is 5.49. The summed E-state index contributed by atoms with van der Waals surface area (Å²) in [6.45, 7) is 4.02. The van der Waals surface area contributed by atoms with Crippen molar-refractivity contribution in [3.05, 3.63) is 113 Å². The lowest BCUT2D eigenvalue weighted by atomic mass is 10.1. The number of hydrogen-bond acceptors (Lipinski definition) is 3. The summed E-state index contributed by atoms with van der Waals surface area (Å²) in [7, 11) is 0. The summed E-state index contributed by atoms with van der Waals surface area (Å²) in [5, 5.41) is 0. The average Bonchev–Trinajstić information content (AvgIpc) is 2.72. The standard InChI is InChI=1S/C25H21NO2/c1-18-6-10-20(11-7-18)14-16-24(27)22-4-3-5-23(26-22)25(28)17-15-21-12-8-19(2)9-13-21/h3-17H,1-2H3/b16-14+,17-15+. The minimum atomic E-state index is -0.238. The Kier molecular flexibility index (Phi) is 6.07. The second-order valence-electron chi connectivity index (χ2n) is 6.62. The number of ketones is 2. The van der Waals surface area contributed by atoms with Gasteiger partial charge in [0.25, 0.3) is 0 Å². The summed E-state index contributed by atoms with van der Waals surface area (Å²) in [6.07, 6.45) is 6.44. The summed E-state index contributed by atoms with van der Waals surface area (Å²) in [5.74, 6) is -0.476. The van der Waals surface area contributed by atoms with Crippen molar-refractivity contribution < 1.29 is 9.59 Å². The lowest BCUT2D eigenvalue weighted by Crippen LogP contribution is -2.05. The first kappa shape index (κ1) is 19.2. The van der Waals surface area contributed by atoms with Gasteiger partial charge in [-0.3, -0.25) is 9.59 Å². The SMILES string of the molecule is Cc1ccc(/C=C/C(=O)c2cccc(C(=O)/C=C/c3ccc(C)cc3)n2)cc1. The van der Waals surface area contributed by atoms with Crippen LogP contribution in [0.1, 0.15) is 43.2 Å². The van der Waals surface area contributed by atoms with Crippen LogP contribution in [0.3, 0.4) is 0 Å². The summed E-state index contributed by atoms with van der Waals surface area (Å²) in [5.41, 5.74) is 4.69.